The van der Waals surface area contributed by atoms with Crippen LogP contribution in [0, 0.1) is 5.82 Å². The molecule has 3 aromatic rings. The fraction of sp³-hybridized carbons (Fsp3) is 0.348. The zero-order valence-corrected chi connectivity index (χ0v) is 19.2. The van der Waals surface area contributed by atoms with E-state index in [1.807, 2.05) is 4.57 Å². The summed E-state index contributed by atoms with van der Waals surface area (Å²) in [7, 11) is 3.10. The van der Waals surface area contributed by atoms with Crippen molar-refractivity contribution in [3.63, 3.8) is 0 Å². The number of methoxy groups -OCH3 is 2. The highest BCUT2D eigenvalue weighted by Gasteiger charge is 2.22. The molecular weight excluding hydrogens is 447 g/mol. The third-order valence-corrected chi connectivity index (χ3v) is 6.20. The Bertz CT molecular complexity index is 1100. The molecule has 174 valence electrons. The average molecular weight is 473 g/mol. The standard InChI is InChI=1S/C23H25FN4O4S/c1-30-19-10-9-17(12-20(19)31-2)25-21(29)14-33-23-27-26-22(15-5-7-16(24)8-6-15)28(23)13-18-4-3-11-32-18/h5-10,12,18H,3-4,11,13-14H2,1-2H3,(H,25,29). The van der Waals surface area contributed by atoms with Crippen molar-refractivity contribution in [2.24, 2.45) is 0 Å². The number of anilines is 1. The maximum Gasteiger partial charge on any atom is 0.234 e. The normalized spacial score (nSPS) is 15.4. The fourth-order valence-electron chi connectivity index (χ4n) is 3.61. The van der Waals surface area contributed by atoms with Gasteiger partial charge in [0, 0.05) is 23.9 Å². The second-order valence-electron chi connectivity index (χ2n) is 7.47. The quantitative estimate of drug-likeness (QED) is 0.471. The van der Waals surface area contributed by atoms with Crippen molar-refractivity contribution in [1.29, 1.82) is 0 Å². The SMILES string of the molecule is COc1ccc(NC(=O)CSc2nnc(-c3ccc(F)cc3)n2CC2CCCO2)cc1OC. The van der Waals surface area contributed by atoms with Crippen LogP contribution >= 0.6 is 11.8 Å². The molecule has 33 heavy (non-hydrogen) atoms. The van der Waals surface area contributed by atoms with Crippen LogP contribution in [-0.4, -0.2) is 53.4 Å². The molecule has 1 unspecified atom stereocenters. The number of benzene rings is 2. The summed E-state index contributed by atoms with van der Waals surface area (Å²) in [6.45, 7) is 1.30. The van der Waals surface area contributed by atoms with E-state index in [0.29, 0.717) is 34.7 Å². The van der Waals surface area contributed by atoms with E-state index in [2.05, 4.69) is 15.5 Å². The zero-order chi connectivity index (χ0) is 23.2. The van der Waals surface area contributed by atoms with E-state index in [9.17, 15) is 9.18 Å². The number of thioether (sulfide) groups is 1. The molecule has 8 nitrogen and oxygen atoms in total. The highest BCUT2D eigenvalue weighted by molar-refractivity contribution is 7.99. The number of hydrogen-bond donors (Lipinski definition) is 1. The van der Waals surface area contributed by atoms with E-state index in [0.717, 1.165) is 25.0 Å². The molecule has 1 aliphatic heterocycles. The lowest BCUT2D eigenvalue weighted by atomic mass is 10.2. The van der Waals surface area contributed by atoms with Gasteiger partial charge in [0.2, 0.25) is 5.91 Å². The number of amides is 1. The maximum atomic E-state index is 13.4. The van der Waals surface area contributed by atoms with Crippen LogP contribution in [0.25, 0.3) is 11.4 Å². The Kier molecular flexibility index (Phi) is 7.46. The van der Waals surface area contributed by atoms with Gasteiger partial charge in [0.25, 0.3) is 0 Å². The third-order valence-electron chi connectivity index (χ3n) is 5.23. The highest BCUT2D eigenvalue weighted by Crippen LogP contribution is 2.30. The number of hydrogen-bond acceptors (Lipinski definition) is 7. The Hall–Kier alpha value is -3.11. The lowest BCUT2D eigenvalue weighted by molar-refractivity contribution is -0.113. The first kappa shape index (κ1) is 23.1. The summed E-state index contributed by atoms with van der Waals surface area (Å²) < 4.78 is 31.6. The van der Waals surface area contributed by atoms with Crippen molar-refractivity contribution in [2.75, 3.05) is 31.9 Å². The molecule has 1 atom stereocenters. The van der Waals surface area contributed by atoms with Crippen molar-refractivity contribution in [1.82, 2.24) is 14.8 Å². The van der Waals surface area contributed by atoms with Crippen LogP contribution in [0.3, 0.4) is 0 Å². The van der Waals surface area contributed by atoms with Crippen LogP contribution in [0.5, 0.6) is 11.5 Å². The molecular formula is C23H25FN4O4S. The van der Waals surface area contributed by atoms with E-state index < -0.39 is 0 Å². The maximum absolute atomic E-state index is 13.4. The minimum Gasteiger partial charge on any atom is -0.493 e. The van der Waals surface area contributed by atoms with Crippen LogP contribution in [0.2, 0.25) is 0 Å². The highest BCUT2D eigenvalue weighted by atomic mass is 32.2. The summed E-state index contributed by atoms with van der Waals surface area (Å²) in [4.78, 5) is 12.6. The van der Waals surface area contributed by atoms with Gasteiger partial charge in [0.15, 0.2) is 22.5 Å². The first-order valence-corrected chi connectivity index (χ1v) is 11.5. The number of carbonyl (C=O) groups is 1. The number of halogens is 1. The first-order chi connectivity index (χ1) is 16.1. The Balaban J connectivity index is 1.47. The van der Waals surface area contributed by atoms with Crippen molar-refractivity contribution in [3.8, 4) is 22.9 Å². The van der Waals surface area contributed by atoms with Gasteiger partial charge in [-0.05, 0) is 49.2 Å². The molecule has 1 fully saturated rings. The van der Waals surface area contributed by atoms with E-state index >= 15 is 0 Å². The smallest absolute Gasteiger partial charge is 0.234 e. The Labute approximate surface area is 195 Å². The second kappa shape index (κ2) is 10.7. The van der Waals surface area contributed by atoms with Crippen LogP contribution in [0.15, 0.2) is 47.6 Å². The lowest BCUT2D eigenvalue weighted by Crippen LogP contribution is -2.18. The molecule has 1 aliphatic rings. The van der Waals surface area contributed by atoms with Crippen molar-refractivity contribution in [3.05, 3.63) is 48.3 Å². The molecule has 1 aromatic heterocycles. The van der Waals surface area contributed by atoms with Gasteiger partial charge < -0.3 is 19.5 Å². The predicted octanol–water partition coefficient (Wildman–Crippen LogP) is 4.01. The van der Waals surface area contributed by atoms with E-state index in [-0.39, 0.29) is 23.6 Å². The van der Waals surface area contributed by atoms with Gasteiger partial charge in [-0.25, -0.2) is 4.39 Å². The van der Waals surface area contributed by atoms with E-state index in [1.54, 1.807) is 44.6 Å². The number of nitrogens with one attached hydrogen (secondary N) is 1. The Morgan fingerprint density at radius 2 is 1.97 bits per heavy atom. The third kappa shape index (κ3) is 5.63. The lowest BCUT2D eigenvalue weighted by Gasteiger charge is -2.15. The minimum absolute atomic E-state index is 0.0557. The number of nitrogens with zero attached hydrogens (tertiary/aromatic N) is 3. The molecule has 1 N–H and O–H groups in total. The summed E-state index contributed by atoms with van der Waals surface area (Å²) in [6.07, 6.45) is 2.01. The van der Waals surface area contributed by atoms with Crippen LogP contribution < -0.4 is 14.8 Å². The van der Waals surface area contributed by atoms with Gasteiger partial charge in [0.05, 0.1) is 32.6 Å². The average Bonchev–Trinajstić information content (AvgIpc) is 3.48. The largest absolute Gasteiger partial charge is 0.493 e. The summed E-state index contributed by atoms with van der Waals surface area (Å²) in [6, 6.07) is 11.3. The topological polar surface area (TPSA) is 87.5 Å². The molecule has 0 saturated carbocycles. The zero-order valence-electron chi connectivity index (χ0n) is 18.4. The molecule has 0 aliphatic carbocycles. The number of rotatable bonds is 9. The monoisotopic (exact) mass is 472 g/mol. The number of aromatic nitrogens is 3. The summed E-state index contributed by atoms with van der Waals surface area (Å²) in [5.41, 5.74) is 1.36. The molecule has 10 heteroatoms. The molecule has 0 radical (unpaired) electrons. The number of ether oxygens (including phenoxy) is 3. The van der Waals surface area contributed by atoms with Gasteiger partial charge in [-0.3, -0.25) is 9.36 Å². The summed E-state index contributed by atoms with van der Waals surface area (Å²) in [5, 5.41) is 12.1. The van der Waals surface area contributed by atoms with Gasteiger partial charge in [-0.15, -0.1) is 10.2 Å². The van der Waals surface area contributed by atoms with Gasteiger partial charge in [-0.2, -0.15) is 0 Å². The second-order valence-corrected chi connectivity index (χ2v) is 8.41. The number of carbonyl (C=O) groups excluding carboxylic acids is 1. The van der Waals surface area contributed by atoms with Crippen LogP contribution in [0.1, 0.15) is 12.8 Å². The summed E-state index contributed by atoms with van der Waals surface area (Å²) in [5.74, 6) is 1.37. The van der Waals surface area contributed by atoms with Crippen molar-refractivity contribution >= 4 is 23.4 Å². The van der Waals surface area contributed by atoms with Crippen molar-refractivity contribution in [2.45, 2.75) is 30.6 Å². The molecule has 2 aromatic carbocycles. The van der Waals surface area contributed by atoms with Crippen LogP contribution in [-0.2, 0) is 16.1 Å². The fourth-order valence-corrected chi connectivity index (χ4v) is 4.35. The first-order valence-electron chi connectivity index (χ1n) is 10.5. The predicted molar refractivity (Wildman–Crippen MR) is 123 cm³/mol. The molecule has 2 heterocycles. The van der Waals surface area contributed by atoms with Gasteiger partial charge in [-0.1, -0.05) is 11.8 Å². The Morgan fingerprint density at radius 3 is 2.67 bits per heavy atom. The van der Waals surface area contributed by atoms with E-state index in [1.165, 1.54) is 23.9 Å². The van der Waals surface area contributed by atoms with Crippen LogP contribution in [0.4, 0.5) is 10.1 Å². The molecule has 0 spiro atoms. The molecule has 1 saturated heterocycles. The molecule has 1 amide bonds. The van der Waals surface area contributed by atoms with Gasteiger partial charge in [0.1, 0.15) is 5.82 Å². The van der Waals surface area contributed by atoms with Crippen molar-refractivity contribution < 1.29 is 23.4 Å². The van der Waals surface area contributed by atoms with Gasteiger partial charge >= 0.3 is 0 Å². The molecule has 4 rings (SSSR count). The minimum atomic E-state index is -0.314. The van der Waals surface area contributed by atoms with E-state index in [4.69, 9.17) is 14.2 Å². The Morgan fingerprint density at radius 1 is 1.18 bits per heavy atom. The molecule has 0 bridgehead atoms. The summed E-state index contributed by atoms with van der Waals surface area (Å²) >= 11 is 1.29.